The molecule has 5 fully saturated rings. The first-order chi connectivity index (χ1) is 51.0. The number of hydrogen-bond acceptors (Lipinski definition) is 16. The van der Waals surface area contributed by atoms with Gasteiger partial charge in [0.15, 0.2) is 0 Å². The highest BCUT2D eigenvalue weighted by Crippen LogP contribution is 2.43. The van der Waals surface area contributed by atoms with Crippen LogP contribution in [0.2, 0.25) is 0 Å². The Bertz CT molecular complexity index is 3880. The third-order valence-electron chi connectivity index (χ3n) is 20.6. The van der Waals surface area contributed by atoms with E-state index in [0.29, 0.717) is 58.0 Å². The van der Waals surface area contributed by atoms with Crippen molar-refractivity contribution in [3.05, 3.63) is 162 Å². The first-order valence-electron chi connectivity index (χ1n) is 36.1. The van der Waals surface area contributed by atoms with E-state index >= 15 is 0 Å². The Morgan fingerprint density at radius 2 is 1.13 bits per heavy atom. The van der Waals surface area contributed by atoms with Gasteiger partial charge in [0, 0.05) is 91.6 Å². The maximum absolute atomic E-state index is 14.6. The molecule has 0 bridgehead atoms. The van der Waals surface area contributed by atoms with E-state index in [1.165, 1.54) is 76.1 Å². The number of likely N-dealkylation sites (tertiary alicyclic amines) is 2. The van der Waals surface area contributed by atoms with Crippen LogP contribution >= 0.6 is 43.8 Å². The van der Waals surface area contributed by atoms with Crippen molar-refractivity contribution < 1.29 is 73.2 Å². The Hall–Kier alpha value is -8.86. The molecule has 0 aromatic heterocycles. The second-order valence-corrected chi connectivity index (χ2v) is 33.2. The second-order valence-electron chi connectivity index (χ2n) is 27.7. The lowest BCUT2D eigenvalue weighted by molar-refractivity contribution is -0.144. The summed E-state index contributed by atoms with van der Waals surface area (Å²) in [5.74, 6) is -5.31. The maximum Gasteiger partial charge on any atom is 0.327 e. The van der Waals surface area contributed by atoms with Gasteiger partial charge < -0.3 is 67.4 Å². The number of carbonyl (C=O) groups is 11. The van der Waals surface area contributed by atoms with Crippen molar-refractivity contribution in [1.29, 1.82) is 0 Å². The van der Waals surface area contributed by atoms with Crippen LogP contribution < -0.4 is 37.2 Å². The van der Waals surface area contributed by atoms with Gasteiger partial charge in [-0.3, -0.25) is 43.2 Å². The highest BCUT2D eigenvalue weighted by molar-refractivity contribution is 8.76. The topological polar surface area (TPSA) is 359 Å². The van der Waals surface area contributed by atoms with E-state index in [1.54, 1.807) is 36.4 Å². The fourth-order valence-corrected chi connectivity index (χ4v) is 20.6. The van der Waals surface area contributed by atoms with Gasteiger partial charge in [-0.05, 0) is 110 Å². The lowest BCUT2D eigenvalue weighted by Gasteiger charge is -2.37. The summed E-state index contributed by atoms with van der Waals surface area (Å²) in [6.07, 6.45) is 9.17. The molecule has 3 unspecified atom stereocenters. The molecule has 5 aromatic rings. The summed E-state index contributed by atoms with van der Waals surface area (Å²) < 4.78 is 0. The molecule has 11 N–H and O–H groups in total. The van der Waals surface area contributed by atoms with Crippen LogP contribution in [0.25, 0.3) is 0 Å². The van der Waals surface area contributed by atoms with Crippen molar-refractivity contribution in [1.82, 2.24) is 47.0 Å². The molecule has 0 radical (unpaired) electrons. The second kappa shape index (κ2) is 39.1. The zero-order valence-corrected chi connectivity index (χ0v) is 63.2. The summed E-state index contributed by atoms with van der Waals surface area (Å²) in [6, 6.07) is 36.6. The van der Waals surface area contributed by atoms with Gasteiger partial charge in [0.05, 0.1) is 16.7 Å². The number of hydrogen-bond donors (Lipinski definition) is 11. The molecule has 28 heteroatoms. The summed E-state index contributed by atoms with van der Waals surface area (Å²) in [5.41, 5.74) is 1.81. The van der Waals surface area contributed by atoms with E-state index in [4.69, 9.17) is 0 Å². The predicted molar refractivity (Wildman–Crippen MR) is 412 cm³/mol. The molecule has 9 atom stereocenters. The third-order valence-corrected chi connectivity index (χ3v) is 26.4. The summed E-state index contributed by atoms with van der Waals surface area (Å²) in [6.45, 7) is 5.22. The summed E-state index contributed by atoms with van der Waals surface area (Å²) in [5, 5.41) is 60.1. The van der Waals surface area contributed by atoms with Crippen LogP contribution in [-0.4, -0.2) is 192 Å². The lowest BCUT2D eigenvalue weighted by atomic mass is 9.71. The van der Waals surface area contributed by atoms with Crippen molar-refractivity contribution in [3.8, 4) is 11.5 Å². The minimum Gasteiger partial charge on any atom is -0.508 e. The van der Waals surface area contributed by atoms with Gasteiger partial charge in [0.1, 0.15) is 47.8 Å². The van der Waals surface area contributed by atoms with Crippen molar-refractivity contribution in [2.75, 3.05) is 55.1 Å². The van der Waals surface area contributed by atoms with E-state index in [1.807, 2.05) is 91.0 Å². The fraction of sp³-hybridized carbons (Fsp3) is 0.462. The number of phenolic OH excluding ortho intramolecular Hbond substituents is 2. The number of aliphatic carboxylic acids is 2. The number of thioether (sulfide) groups is 1. The highest BCUT2D eigenvalue weighted by atomic mass is 33.1. The average Bonchev–Trinajstić information content (AvgIpc) is 1.50. The molecule has 2 saturated carbocycles. The molecule has 5 aliphatic rings. The number of nitrogens with zero attached hydrogens (tertiary/aromatic N) is 2. The predicted octanol–water partition coefficient (Wildman–Crippen LogP) is 8.03. The first kappa shape index (κ1) is 81.2. The summed E-state index contributed by atoms with van der Waals surface area (Å²) >= 11 is 1.25. The lowest BCUT2D eigenvalue weighted by Crippen LogP contribution is -2.55. The zero-order valence-electron chi connectivity index (χ0n) is 60.0. The van der Waals surface area contributed by atoms with Gasteiger partial charge in [-0.25, -0.2) is 9.59 Å². The van der Waals surface area contributed by atoms with Crippen LogP contribution in [0.15, 0.2) is 144 Å². The highest BCUT2D eigenvalue weighted by Gasteiger charge is 2.47. The molecule has 3 aliphatic heterocycles. The van der Waals surface area contributed by atoms with Crippen LogP contribution in [0, 0.1) is 10.8 Å². The molecule has 5 aromatic carbocycles. The van der Waals surface area contributed by atoms with Crippen LogP contribution in [-0.2, 0) is 52.7 Å². The Kier molecular flexibility index (Phi) is 30.0. The molecule has 3 heterocycles. The molecule has 2 aliphatic carbocycles. The van der Waals surface area contributed by atoms with Crippen molar-refractivity contribution in [3.63, 3.8) is 0 Å². The van der Waals surface area contributed by atoms with Gasteiger partial charge in [-0.15, -0.1) is 22.2 Å². The normalized spacial score (nSPS) is 21.7. The molecule has 3 saturated heterocycles. The number of nitrogens with one attached hydrogen (secondary N) is 7. The zero-order chi connectivity index (χ0) is 75.9. The third kappa shape index (κ3) is 21.7. The number of rotatable bonds is 23. The van der Waals surface area contributed by atoms with Gasteiger partial charge in [0.25, 0.3) is 0 Å². The van der Waals surface area contributed by atoms with Gasteiger partial charge in [-0.1, -0.05) is 163 Å². The van der Waals surface area contributed by atoms with E-state index in [-0.39, 0.29) is 107 Å². The van der Waals surface area contributed by atoms with Crippen molar-refractivity contribution in [2.45, 2.75) is 164 Å². The Morgan fingerprint density at radius 3 is 1.65 bits per heavy atom. The molecule has 9 amide bonds. The fourth-order valence-electron chi connectivity index (χ4n) is 14.9. The van der Waals surface area contributed by atoms with Gasteiger partial charge in [-0.2, -0.15) is 0 Å². The maximum atomic E-state index is 14.6. The van der Waals surface area contributed by atoms with Crippen LogP contribution in [0.1, 0.15) is 145 Å². The number of amides is 9. The summed E-state index contributed by atoms with van der Waals surface area (Å²) in [4.78, 5) is 150. The first-order valence-corrected chi connectivity index (χ1v) is 41.2. The van der Waals surface area contributed by atoms with Crippen molar-refractivity contribution >= 4 is 114 Å². The quantitative estimate of drug-likeness (QED) is 0.00968. The SMILES string of the molecule is CC(=O)N1CCC(c2ccc(O)cc2)[C@H]1C(=O)N[C@H]1CSSC[C@@H](C(=O)O)NC(=O)C2(CCCCC2)CCNC1=O.CC(=O)NCSC[C@H](NC(=O)[C@@H]1C(c2ccc(O)cc2)CCN1C(C)=O)C(=O)NCCC1(C(=O)N[C@@H](CS(=C(c2ccccc2)c2ccccc2)c2ccccc2)C(=O)O)CCCCC1. The minimum absolute atomic E-state index is 0.0743. The van der Waals surface area contributed by atoms with E-state index in [9.17, 15) is 73.2 Å². The largest absolute Gasteiger partial charge is 0.508 e. The molecule has 24 nitrogen and oxygen atoms in total. The smallest absolute Gasteiger partial charge is 0.327 e. The molecule has 106 heavy (non-hydrogen) atoms. The van der Waals surface area contributed by atoms with Gasteiger partial charge >= 0.3 is 11.9 Å². The summed E-state index contributed by atoms with van der Waals surface area (Å²) in [7, 11) is 1.67. The standard InChI is InChI=1S/C50H59N5O8S2.C28H38N4O7S2/c1-34(56)52-33-64-31-42(53-47(60)44-41(25-30-55(44)35(2)57)36-21-23-39(58)24-22-36)46(59)51-29-28-50(26-13-6-14-27-50)49(63)54-43(48(61)62)32-65(40-19-11-5-12-20-40)45(37-15-7-3-8-16-37)38-17-9-4-10-18-38;1-17(33)32-14-9-20(18-5-7-19(34)8-6-18)23(32)25(36)30-21-15-40-41-16-22(26(37)38)31-27(39)28(10-3-2-4-11-28)12-13-29-24(21)35/h3-5,7-12,15-24,41-44,58H,6,13-14,25-33H2,1-2H3,(H,51,59)(H,52,56)(H,53,60)(H,54,63)(H,61,62);5-8,20-23,34H,2-4,9-16H2,1H3,(H,29,35)(H,30,36)(H,31,39)(H,37,38)/t41?,42-,43-,44-,65?;20?,21-,22-,23-/m00/s1. The van der Waals surface area contributed by atoms with E-state index < -0.39 is 87.2 Å². The van der Waals surface area contributed by atoms with E-state index in [2.05, 4.69) is 37.2 Å². The number of carboxylic acids is 2. The van der Waals surface area contributed by atoms with E-state index in [0.717, 1.165) is 70.5 Å². The molecule has 1 spiro atoms. The molecule has 10 rings (SSSR count). The van der Waals surface area contributed by atoms with Crippen molar-refractivity contribution in [2.24, 2.45) is 10.8 Å². The number of phenols is 2. The minimum atomic E-state index is -1.22. The molecular weight excluding hydrogens is 1430 g/mol. The van der Waals surface area contributed by atoms with Crippen LogP contribution in [0.4, 0.5) is 0 Å². The number of benzene rings is 5. The number of aromatic hydroxyl groups is 2. The molecular formula is C78H97N9O15S4. The monoisotopic (exact) mass is 1530 g/mol. The average molecular weight is 1530 g/mol. The Balaban J connectivity index is 0.000000272. The Morgan fingerprint density at radius 1 is 0.613 bits per heavy atom. The number of carboxylic acid groups (broad SMARTS) is 2. The Labute approximate surface area is 633 Å². The number of carbonyl (C=O) groups excluding carboxylic acids is 9. The van der Waals surface area contributed by atoms with Crippen LogP contribution in [0.3, 0.4) is 0 Å². The van der Waals surface area contributed by atoms with Crippen LogP contribution in [0.5, 0.6) is 11.5 Å². The van der Waals surface area contributed by atoms with Gasteiger partial charge in [0.2, 0.25) is 53.2 Å². The molecule has 568 valence electrons.